The van der Waals surface area contributed by atoms with Crippen LogP contribution in [-0.4, -0.2) is 25.7 Å². The van der Waals surface area contributed by atoms with Crippen molar-refractivity contribution in [3.8, 4) is 0 Å². The number of hydrogen-bond donors (Lipinski definition) is 1. The van der Waals surface area contributed by atoms with Crippen molar-refractivity contribution in [1.82, 2.24) is 5.32 Å². The van der Waals surface area contributed by atoms with Gasteiger partial charge in [-0.2, -0.15) is 0 Å². The van der Waals surface area contributed by atoms with Crippen molar-refractivity contribution in [2.45, 2.75) is 18.3 Å². The summed E-state index contributed by atoms with van der Waals surface area (Å²) < 4.78 is 31.8. The Labute approximate surface area is 149 Å². The van der Waals surface area contributed by atoms with Gasteiger partial charge in [0.15, 0.2) is 11.6 Å². The highest BCUT2D eigenvalue weighted by Crippen LogP contribution is 2.35. The molecule has 1 N–H and O–H groups in total. The normalized spacial score (nSPS) is 16.4. The first kappa shape index (κ1) is 17.8. The molecule has 0 radical (unpaired) electrons. The Morgan fingerprint density at radius 2 is 1.88 bits per heavy atom. The molecule has 0 saturated carbocycles. The molecule has 3 nitrogen and oxygen atoms in total. The minimum Gasteiger partial charge on any atom is -0.381 e. The van der Waals surface area contributed by atoms with Gasteiger partial charge in [-0.05, 0) is 48.7 Å². The lowest BCUT2D eigenvalue weighted by Crippen LogP contribution is -2.44. The first-order chi connectivity index (χ1) is 12.0. The SMILES string of the molecule is O=C(NCC1(c2cccc(Cl)c2)CCOCC1)c1ccc(F)c(F)c1. The van der Waals surface area contributed by atoms with Crippen LogP contribution in [0.2, 0.25) is 5.02 Å². The maximum Gasteiger partial charge on any atom is 0.251 e. The maximum atomic E-state index is 13.3. The fourth-order valence-electron chi connectivity index (χ4n) is 3.14. The predicted molar refractivity (Wildman–Crippen MR) is 91.9 cm³/mol. The quantitative estimate of drug-likeness (QED) is 0.886. The van der Waals surface area contributed by atoms with Gasteiger partial charge in [0.25, 0.3) is 5.91 Å². The molecule has 1 fully saturated rings. The molecule has 1 saturated heterocycles. The zero-order valence-electron chi connectivity index (χ0n) is 13.5. The largest absolute Gasteiger partial charge is 0.381 e. The second-order valence-electron chi connectivity index (χ2n) is 6.21. The highest BCUT2D eigenvalue weighted by Gasteiger charge is 2.35. The minimum absolute atomic E-state index is 0.0900. The van der Waals surface area contributed by atoms with Crippen molar-refractivity contribution < 1.29 is 18.3 Å². The summed E-state index contributed by atoms with van der Waals surface area (Å²) in [5.41, 5.74) is 0.832. The van der Waals surface area contributed by atoms with Gasteiger partial charge in [-0.25, -0.2) is 8.78 Å². The monoisotopic (exact) mass is 365 g/mol. The summed E-state index contributed by atoms with van der Waals surface area (Å²) in [4.78, 5) is 12.3. The van der Waals surface area contributed by atoms with E-state index in [4.69, 9.17) is 16.3 Å². The van der Waals surface area contributed by atoms with E-state index in [1.165, 1.54) is 6.07 Å². The Hall–Kier alpha value is -1.98. The van der Waals surface area contributed by atoms with E-state index in [2.05, 4.69) is 5.32 Å². The molecule has 6 heteroatoms. The Balaban J connectivity index is 1.79. The van der Waals surface area contributed by atoms with Gasteiger partial charge < -0.3 is 10.1 Å². The third-order valence-corrected chi connectivity index (χ3v) is 4.89. The molecule has 2 aromatic rings. The lowest BCUT2D eigenvalue weighted by Gasteiger charge is -2.38. The lowest BCUT2D eigenvalue weighted by atomic mass is 9.74. The van der Waals surface area contributed by atoms with E-state index < -0.39 is 17.5 Å². The van der Waals surface area contributed by atoms with Crippen LogP contribution in [0.25, 0.3) is 0 Å². The van der Waals surface area contributed by atoms with Crippen molar-refractivity contribution in [1.29, 1.82) is 0 Å². The first-order valence-corrected chi connectivity index (χ1v) is 8.45. The molecular weight excluding hydrogens is 348 g/mol. The van der Waals surface area contributed by atoms with Crippen LogP contribution in [0.15, 0.2) is 42.5 Å². The zero-order chi connectivity index (χ0) is 17.9. The van der Waals surface area contributed by atoms with Crippen LogP contribution in [0.5, 0.6) is 0 Å². The fraction of sp³-hybridized carbons (Fsp3) is 0.316. The molecule has 1 aliphatic rings. The van der Waals surface area contributed by atoms with Crippen LogP contribution in [0, 0.1) is 11.6 Å². The van der Waals surface area contributed by atoms with Gasteiger partial charge in [-0.3, -0.25) is 4.79 Å². The number of amides is 1. The molecule has 0 spiro atoms. The molecule has 1 aliphatic heterocycles. The van der Waals surface area contributed by atoms with Crippen molar-refractivity contribution in [3.63, 3.8) is 0 Å². The highest BCUT2D eigenvalue weighted by molar-refractivity contribution is 6.30. The van der Waals surface area contributed by atoms with Crippen molar-refractivity contribution in [2.75, 3.05) is 19.8 Å². The van der Waals surface area contributed by atoms with E-state index in [0.29, 0.717) is 24.8 Å². The molecular formula is C19H18ClF2NO2. The molecule has 25 heavy (non-hydrogen) atoms. The van der Waals surface area contributed by atoms with E-state index in [-0.39, 0.29) is 11.0 Å². The average Bonchev–Trinajstić information content (AvgIpc) is 2.63. The number of hydrogen-bond acceptors (Lipinski definition) is 2. The number of halogens is 3. The van der Waals surface area contributed by atoms with Crippen LogP contribution >= 0.6 is 11.6 Å². The minimum atomic E-state index is -1.04. The van der Waals surface area contributed by atoms with E-state index in [0.717, 1.165) is 30.5 Å². The van der Waals surface area contributed by atoms with E-state index in [1.807, 2.05) is 18.2 Å². The fourth-order valence-corrected chi connectivity index (χ4v) is 3.33. The van der Waals surface area contributed by atoms with Gasteiger partial charge in [0, 0.05) is 35.8 Å². The van der Waals surface area contributed by atoms with Gasteiger partial charge in [-0.1, -0.05) is 23.7 Å². The Morgan fingerprint density at radius 1 is 1.12 bits per heavy atom. The molecule has 0 atom stereocenters. The maximum absolute atomic E-state index is 13.3. The van der Waals surface area contributed by atoms with Crippen molar-refractivity contribution in [3.05, 3.63) is 70.2 Å². The zero-order valence-corrected chi connectivity index (χ0v) is 14.3. The number of rotatable bonds is 4. The molecule has 1 heterocycles. The number of carbonyl (C=O) groups is 1. The smallest absolute Gasteiger partial charge is 0.251 e. The Kier molecular flexibility index (Phi) is 5.35. The molecule has 0 unspecified atom stereocenters. The average molecular weight is 366 g/mol. The highest BCUT2D eigenvalue weighted by atomic mass is 35.5. The molecule has 132 valence electrons. The second-order valence-corrected chi connectivity index (χ2v) is 6.65. The van der Waals surface area contributed by atoms with Crippen LogP contribution < -0.4 is 5.32 Å². The van der Waals surface area contributed by atoms with E-state index >= 15 is 0 Å². The molecule has 0 aromatic heterocycles. The first-order valence-electron chi connectivity index (χ1n) is 8.07. The topological polar surface area (TPSA) is 38.3 Å². The molecule has 2 aromatic carbocycles. The summed E-state index contributed by atoms with van der Waals surface area (Å²) in [5.74, 6) is -2.45. The molecule has 3 rings (SSSR count). The standard InChI is InChI=1S/C19H18ClF2NO2/c20-15-3-1-2-14(11-15)19(6-8-25-9-7-19)12-23-18(24)13-4-5-16(21)17(22)10-13/h1-5,10-11H,6-9,12H2,(H,23,24). The molecule has 0 bridgehead atoms. The number of ether oxygens (including phenoxy) is 1. The van der Waals surface area contributed by atoms with E-state index in [1.54, 1.807) is 6.07 Å². The lowest BCUT2D eigenvalue weighted by molar-refractivity contribution is 0.0487. The number of nitrogens with one attached hydrogen (secondary N) is 1. The van der Waals surface area contributed by atoms with Crippen LogP contribution in [0.4, 0.5) is 8.78 Å². The predicted octanol–water partition coefficient (Wildman–Crippen LogP) is 4.10. The number of carbonyl (C=O) groups excluding carboxylic acids is 1. The van der Waals surface area contributed by atoms with Crippen LogP contribution in [-0.2, 0) is 10.2 Å². The Morgan fingerprint density at radius 3 is 2.56 bits per heavy atom. The third kappa shape index (κ3) is 3.99. The Bertz CT molecular complexity index is 776. The van der Waals surface area contributed by atoms with Gasteiger partial charge in [0.2, 0.25) is 0 Å². The summed E-state index contributed by atoms with van der Waals surface area (Å²) in [6.07, 6.45) is 1.48. The van der Waals surface area contributed by atoms with Gasteiger partial charge in [0.1, 0.15) is 0 Å². The van der Waals surface area contributed by atoms with E-state index in [9.17, 15) is 13.6 Å². The number of benzene rings is 2. The summed E-state index contributed by atoms with van der Waals surface area (Å²) >= 11 is 6.12. The summed E-state index contributed by atoms with van der Waals surface area (Å²) in [7, 11) is 0. The van der Waals surface area contributed by atoms with Gasteiger partial charge in [-0.15, -0.1) is 0 Å². The second kappa shape index (κ2) is 7.50. The van der Waals surface area contributed by atoms with Crippen LogP contribution in [0.1, 0.15) is 28.8 Å². The van der Waals surface area contributed by atoms with Crippen LogP contribution in [0.3, 0.4) is 0 Å². The van der Waals surface area contributed by atoms with Crippen molar-refractivity contribution in [2.24, 2.45) is 0 Å². The molecule has 1 amide bonds. The van der Waals surface area contributed by atoms with Gasteiger partial charge >= 0.3 is 0 Å². The molecule has 0 aliphatic carbocycles. The summed E-state index contributed by atoms with van der Waals surface area (Å²) in [5, 5.41) is 3.48. The van der Waals surface area contributed by atoms with Crippen molar-refractivity contribution >= 4 is 17.5 Å². The summed E-state index contributed by atoms with van der Waals surface area (Å²) in [6, 6.07) is 10.7. The third-order valence-electron chi connectivity index (χ3n) is 4.66. The van der Waals surface area contributed by atoms with Gasteiger partial charge in [0.05, 0.1) is 0 Å². The summed E-state index contributed by atoms with van der Waals surface area (Å²) in [6.45, 7) is 1.55.